The highest BCUT2D eigenvalue weighted by atomic mass is 79.9. The van der Waals surface area contributed by atoms with Crippen molar-refractivity contribution in [2.75, 3.05) is 0 Å². The summed E-state index contributed by atoms with van der Waals surface area (Å²) in [5.41, 5.74) is 5.00. The third-order valence-corrected chi connectivity index (χ3v) is 4.94. The maximum Gasteiger partial charge on any atom is 0.126 e. The average molecular weight is 333 g/mol. The Kier molecular flexibility index (Phi) is 4.21. The van der Waals surface area contributed by atoms with Gasteiger partial charge in [0.1, 0.15) is 5.82 Å². The number of aryl methyl sites for hydroxylation is 2. The fraction of sp³-hybridized carbons (Fsp3) is 0.333. The summed E-state index contributed by atoms with van der Waals surface area (Å²) in [6.45, 7) is 0. The molecular weight excluding hydrogens is 315 g/mol. The van der Waals surface area contributed by atoms with Gasteiger partial charge in [0.15, 0.2) is 0 Å². The van der Waals surface area contributed by atoms with E-state index in [1.807, 2.05) is 12.1 Å². The van der Waals surface area contributed by atoms with E-state index in [2.05, 4.69) is 34.1 Å². The van der Waals surface area contributed by atoms with Crippen LogP contribution < -0.4 is 0 Å². The lowest BCUT2D eigenvalue weighted by molar-refractivity contribution is 0.608. The lowest BCUT2D eigenvalue weighted by Gasteiger charge is -2.18. The molecule has 0 saturated heterocycles. The fourth-order valence-electron chi connectivity index (χ4n) is 2.92. The van der Waals surface area contributed by atoms with Crippen LogP contribution in [0.3, 0.4) is 0 Å². The van der Waals surface area contributed by atoms with Crippen LogP contribution in [-0.4, -0.2) is 0 Å². The molecule has 2 aromatic rings. The first-order valence-corrected chi connectivity index (χ1v) is 8.15. The largest absolute Gasteiger partial charge is 0.207 e. The Labute approximate surface area is 128 Å². The van der Waals surface area contributed by atoms with E-state index in [1.54, 1.807) is 6.07 Å². The molecule has 0 amide bonds. The van der Waals surface area contributed by atoms with E-state index < -0.39 is 0 Å². The van der Waals surface area contributed by atoms with E-state index in [1.165, 1.54) is 48.4 Å². The van der Waals surface area contributed by atoms with Crippen LogP contribution in [0.1, 0.15) is 39.9 Å². The lowest BCUT2D eigenvalue weighted by Crippen LogP contribution is -2.05. The zero-order chi connectivity index (χ0) is 13.9. The zero-order valence-electron chi connectivity index (χ0n) is 11.4. The van der Waals surface area contributed by atoms with Gasteiger partial charge in [-0.3, -0.25) is 0 Å². The molecule has 0 N–H and O–H groups in total. The highest BCUT2D eigenvalue weighted by Gasteiger charge is 2.15. The Bertz CT molecular complexity index is 606. The van der Waals surface area contributed by atoms with Crippen LogP contribution in [0.5, 0.6) is 0 Å². The highest BCUT2D eigenvalue weighted by molar-refractivity contribution is 9.09. The Morgan fingerprint density at radius 1 is 1.00 bits per heavy atom. The molecule has 1 atom stereocenters. The summed E-state index contributed by atoms with van der Waals surface area (Å²) in [6, 6.07) is 13.8. The summed E-state index contributed by atoms with van der Waals surface area (Å²) in [5.74, 6) is -0.116. The van der Waals surface area contributed by atoms with Gasteiger partial charge < -0.3 is 0 Å². The Morgan fingerprint density at radius 2 is 1.75 bits per heavy atom. The molecule has 2 heteroatoms. The molecule has 0 radical (unpaired) electrons. The minimum absolute atomic E-state index is 0.116. The van der Waals surface area contributed by atoms with Gasteiger partial charge in [-0.25, -0.2) is 4.39 Å². The number of hydrogen-bond acceptors (Lipinski definition) is 0. The number of rotatable bonds is 3. The molecule has 0 bridgehead atoms. The summed E-state index contributed by atoms with van der Waals surface area (Å²) in [7, 11) is 0. The normalized spacial score (nSPS) is 15.7. The maximum atomic E-state index is 13.7. The molecule has 0 nitrogen and oxygen atoms in total. The van der Waals surface area contributed by atoms with E-state index in [-0.39, 0.29) is 10.6 Å². The van der Waals surface area contributed by atoms with E-state index in [0.717, 1.165) is 5.56 Å². The predicted octanol–water partition coefficient (Wildman–Crippen LogP) is 5.38. The molecule has 104 valence electrons. The van der Waals surface area contributed by atoms with Gasteiger partial charge in [-0.05, 0) is 60.4 Å². The van der Waals surface area contributed by atoms with Gasteiger partial charge in [0, 0.05) is 4.83 Å². The molecular formula is C18H18BrF. The van der Waals surface area contributed by atoms with Gasteiger partial charge in [-0.1, -0.05) is 52.3 Å². The van der Waals surface area contributed by atoms with Gasteiger partial charge in [-0.15, -0.1) is 0 Å². The van der Waals surface area contributed by atoms with Crippen molar-refractivity contribution in [3.63, 3.8) is 0 Å². The number of benzene rings is 2. The van der Waals surface area contributed by atoms with Crippen molar-refractivity contribution in [3.05, 3.63) is 70.5 Å². The van der Waals surface area contributed by atoms with Gasteiger partial charge in [-0.2, -0.15) is 0 Å². The maximum absolute atomic E-state index is 13.7. The van der Waals surface area contributed by atoms with Crippen molar-refractivity contribution in [2.24, 2.45) is 0 Å². The van der Waals surface area contributed by atoms with Crippen LogP contribution in [0.25, 0.3) is 0 Å². The SMILES string of the molecule is Fc1ccccc1CC(Br)c1ccc2c(c1)CCCC2. The van der Waals surface area contributed by atoms with E-state index >= 15 is 0 Å². The standard InChI is InChI=1S/C18H18BrF/c19-17(12-16-7-3-4-8-18(16)20)15-10-9-13-5-1-2-6-14(13)11-15/h3-4,7-11,17H,1-2,5-6,12H2. The molecule has 0 aromatic heterocycles. The van der Waals surface area contributed by atoms with Crippen LogP contribution in [-0.2, 0) is 19.3 Å². The zero-order valence-corrected chi connectivity index (χ0v) is 13.0. The first-order chi connectivity index (χ1) is 9.74. The van der Waals surface area contributed by atoms with E-state index in [4.69, 9.17) is 0 Å². The molecule has 20 heavy (non-hydrogen) atoms. The van der Waals surface area contributed by atoms with Crippen molar-refractivity contribution in [3.8, 4) is 0 Å². The smallest absolute Gasteiger partial charge is 0.126 e. The van der Waals surface area contributed by atoms with Gasteiger partial charge in [0.2, 0.25) is 0 Å². The molecule has 0 saturated carbocycles. The number of hydrogen-bond donors (Lipinski definition) is 0. The Hall–Kier alpha value is -1.15. The van der Waals surface area contributed by atoms with Gasteiger partial charge in [0.25, 0.3) is 0 Å². The summed E-state index contributed by atoms with van der Waals surface area (Å²) in [4.78, 5) is 0.173. The molecule has 1 unspecified atom stereocenters. The van der Waals surface area contributed by atoms with Crippen LogP contribution in [0.4, 0.5) is 4.39 Å². The highest BCUT2D eigenvalue weighted by Crippen LogP contribution is 2.31. The van der Waals surface area contributed by atoms with Crippen molar-refractivity contribution in [1.82, 2.24) is 0 Å². The van der Waals surface area contributed by atoms with Crippen LogP contribution in [0.2, 0.25) is 0 Å². The van der Waals surface area contributed by atoms with Crippen molar-refractivity contribution >= 4 is 15.9 Å². The summed E-state index contributed by atoms with van der Waals surface area (Å²) < 4.78 is 13.7. The molecule has 3 rings (SSSR count). The lowest BCUT2D eigenvalue weighted by atomic mass is 9.89. The second-order valence-corrected chi connectivity index (χ2v) is 6.60. The molecule has 1 aliphatic rings. The molecule has 0 heterocycles. The average Bonchev–Trinajstić information content (AvgIpc) is 2.49. The third-order valence-electron chi connectivity index (χ3n) is 4.09. The summed E-state index contributed by atoms with van der Waals surface area (Å²) >= 11 is 3.72. The summed E-state index contributed by atoms with van der Waals surface area (Å²) in [5, 5.41) is 0. The monoisotopic (exact) mass is 332 g/mol. The summed E-state index contributed by atoms with van der Waals surface area (Å²) in [6.07, 6.45) is 5.67. The van der Waals surface area contributed by atoms with Crippen molar-refractivity contribution < 1.29 is 4.39 Å². The molecule has 0 fully saturated rings. The molecule has 2 aromatic carbocycles. The van der Waals surface area contributed by atoms with Crippen molar-refractivity contribution in [2.45, 2.75) is 36.9 Å². The first kappa shape index (κ1) is 13.8. The first-order valence-electron chi connectivity index (χ1n) is 7.23. The quantitative estimate of drug-likeness (QED) is 0.661. The minimum atomic E-state index is -0.116. The van der Waals surface area contributed by atoms with Gasteiger partial charge in [0.05, 0.1) is 0 Å². The third kappa shape index (κ3) is 2.95. The van der Waals surface area contributed by atoms with E-state index in [0.29, 0.717) is 6.42 Å². The second kappa shape index (κ2) is 6.09. The van der Waals surface area contributed by atoms with Crippen LogP contribution >= 0.6 is 15.9 Å². The molecule has 0 aliphatic heterocycles. The second-order valence-electron chi connectivity index (χ2n) is 5.50. The Morgan fingerprint density at radius 3 is 2.55 bits per heavy atom. The number of alkyl halides is 1. The number of halogens is 2. The van der Waals surface area contributed by atoms with E-state index in [9.17, 15) is 4.39 Å². The Balaban J connectivity index is 1.80. The molecule has 0 spiro atoms. The molecule has 1 aliphatic carbocycles. The van der Waals surface area contributed by atoms with Crippen LogP contribution in [0.15, 0.2) is 42.5 Å². The van der Waals surface area contributed by atoms with Crippen LogP contribution in [0, 0.1) is 5.82 Å². The number of fused-ring (bicyclic) bond motifs is 1. The predicted molar refractivity (Wildman–Crippen MR) is 84.9 cm³/mol. The van der Waals surface area contributed by atoms with Crippen molar-refractivity contribution in [1.29, 1.82) is 0 Å². The van der Waals surface area contributed by atoms with Gasteiger partial charge >= 0.3 is 0 Å². The topological polar surface area (TPSA) is 0 Å². The fourth-order valence-corrected chi connectivity index (χ4v) is 3.56. The minimum Gasteiger partial charge on any atom is -0.207 e.